The van der Waals surface area contributed by atoms with Crippen molar-refractivity contribution in [1.82, 2.24) is 10.3 Å². The van der Waals surface area contributed by atoms with Crippen LogP contribution in [0.1, 0.15) is 20.7 Å². The predicted molar refractivity (Wildman–Crippen MR) is 84.8 cm³/mol. The van der Waals surface area contributed by atoms with Gasteiger partial charge in [-0.25, -0.2) is 0 Å². The maximum Gasteiger partial charge on any atom is 0.262 e. The summed E-state index contributed by atoms with van der Waals surface area (Å²) < 4.78 is 0. The number of nitrogens with zero attached hydrogens (tertiary/aromatic N) is 2. The van der Waals surface area contributed by atoms with E-state index in [2.05, 4.69) is 5.43 Å². The Labute approximate surface area is 133 Å². The van der Waals surface area contributed by atoms with E-state index in [4.69, 9.17) is 0 Å². The fraction of sp³-hybridized carbons (Fsp3) is 0.118. The molecular weight excluding hydrogens is 294 g/mol. The highest BCUT2D eigenvalue weighted by molar-refractivity contribution is 6.22. The van der Waals surface area contributed by atoms with Gasteiger partial charge in [0.2, 0.25) is 0 Å². The van der Waals surface area contributed by atoms with Gasteiger partial charge in [0, 0.05) is 7.05 Å². The van der Waals surface area contributed by atoms with Crippen molar-refractivity contribution < 1.29 is 14.4 Å². The van der Waals surface area contributed by atoms with Crippen LogP contribution in [0.25, 0.3) is 0 Å². The van der Waals surface area contributed by atoms with Crippen LogP contribution < -0.4 is 10.4 Å². The van der Waals surface area contributed by atoms with E-state index in [0.717, 1.165) is 10.6 Å². The van der Waals surface area contributed by atoms with Crippen LogP contribution >= 0.6 is 0 Å². The van der Waals surface area contributed by atoms with Crippen LogP contribution in [0, 0.1) is 0 Å². The first kappa shape index (κ1) is 14.8. The number of nitrogens with one attached hydrogen (secondary N) is 1. The molecule has 116 valence electrons. The van der Waals surface area contributed by atoms with E-state index in [9.17, 15) is 14.4 Å². The zero-order chi connectivity index (χ0) is 16.4. The largest absolute Gasteiger partial charge is 0.289 e. The Morgan fingerprint density at radius 1 is 0.957 bits per heavy atom. The van der Waals surface area contributed by atoms with Crippen molar-refractivity contribution in [3.8, 4) is 0 Å². The summed E-state index contributed by atoms with van der Waals surface area (Å²) in [4.78, 5) is 37.5. The number of anilines is 1. The quantitative estimate of drug-likeness (QED) is 0.685. The fourth-order valence-corrected chi connectivity index (χ4v) is 2.46. The minimum Gasteiger partial charge on any atom is -0.289 e. The maximum atomic E-state index is 12.2. The van der Waals surface area contributed by atoms with Gasteiger partial charge >= 0.3 is 0 Å². The van der Waals surface area contributed by atoms with Gasteiger partial charge in [-0.3, -0.25) is 29.7 Å². The zero-order valence-electron chi connectivity index (χ0n) is 12.5. The highest BCUT2D eigenvalue weighted by Crippen LogP contribution is 2.21. The van der Waals surface area contributed by atoms with Crippen LogP contribution in [0.5, 0.6) is 0 Å². The molecule has 2 aromatic rings. The molecule has 6 heteroatoms. The lowest BCUT2D eigenvalue weighted by atomic mass is 10.1. The van der Waals surface area contributed by atoms with Gasteiger partial charge < -0.3 is 0 Å². The minimum absolute atomic E-state index is 0.316. The Hall–Kier alpha value is -3.15. The number of fused-ring (bicyclic) bond motifs is 1. The minimum atomic E-state index is -0.442. The lowest BCUT2D eigenvalue weighted by Gasteiger charge is -2.21. The molecule has 0 bridgehead atoms. The van der Waals surface area contributed by atoms with Gasteiger partial charge in [0.1, 0.15) is 6.54 Å². The van der Waals surface area contributed by atoms with Crippen molar-refractivity contribution in [3.05, 3.63) is 65.7 Å². The highest BCUT2D eigenvalue weighted by atomic mass is 16.2. The normalized spacial score (nSPS) is 13.0. The standard InChI is InChI=1S/C17H15N3O3/c1-19(12-7-3-2-4-8-12)18-15(21)11-20-16(22)13-9-5-6-10-14(13)17(20)23/h2-10H,11H2,1H3,(H,18,21). The number of hydrogen-bond donors (Lipinski definition) is 1. The van der Waals surface area contributed by atoms with Crippen molar-refractivity contribution in [2.24, 2.45) is 0 Å². The first-order chi connectivity index (χ1) is 11.1. The monoisotopic (exact) mass is 309 g/mol. The molecule has 1 heterocycles. The van der Waals surface area contributed by atoms with Crippen LogP contribution in [0.4, 0.5) is 5.69 Å². The summed E-state index contributed by atoms with van der Waals surface area (Å²) in [6.45, 7) is -0.316. The van der Waals surface area contributed by atoms with Crippen molar-refractivity contribution in [1.29, 1.82) is 0 Å². The van der Waals surface area contributed by atoms with E-state index in [1.165, 1.54) is 0 Å². The molecule has 0 aliphatic carbocycles. The number of amides is 3. The maximum absolute atomic E-state index is 12.2. The molecule has 0 unspecified atom stereocenters. The summed E-state index contributed by atoms with van der Waals surface area (Å²) in [7, 11) is 1.69. The summed E-state index contributed by atoms with van der Waals surface area (Å²) >= 11 is 0. The average Bonchev–Trinajstić information content (AvgIpc) is 2.81. The highest BCUT2D eigenvalue weighted by Gasteiger charge is 2.36. The number of rotatable bonds is 4. The molecule has 0 saturated carbocycles. The number of carbonyl (C=O) groups is 3. The number of imide groups is 1. The topological polar surface area (TPSA) is 69.7 Å². The van der Waals surface area contributed by atoms with E-state index < -0.39 is 17.7 Å². The molecule has 3 amide bonds. The summed E-state index contributed by atoms with van der Waals surface area (Å²) in [5.74, 6) is -1.32. The van der Waals surface area contributed by atoms with E-state index in [0.29, 0.717) is 11.1 Å². The lowest BCUT2D eigenvalue weighted by Crippen LogP contribution is -2.46. The van der Waals surface area contributed by atoms with Gasteiger partial charge in [0.05, 0.1) is 16.8 Å². The van der Waals surface area contributed by atoms with Crippen LogP contribution in [0.3, 0.4) is 0 Å². The number of hydrogen-bond acceptors (Lipinski definition) is 4. The summed E-state index contributed by atoms with van der Waals surface area (Å²) in [5, 5.41) is 1.54. The van der Waals surface area contributed by atoms with Gasteiger partial charge in [-0.1, -0.05) is 30.3 Å². The Morgan fingerprint density at radius 2 is 1.48 bits per heavy atom. The first-order valence-electron chi connectivity index (χ1n) is 7.11. The van der Waals surface area contributed by atoms with Crippen LogP contribution in [-0.4, -0.2) is 36.2 Å². The molecule has 0 spiro atoms. The van der Waals surface area contributed by atoms with Gasteiger partial charge in [-0.2, -0.15) is 0 Å². The molecule has 1 aliphatic heterocycles. The van der Waals surface area contributed by atoms with Crippen LogP contribution in [0.15, 0.2) is 54.6 Å². The van der Waals surface area contributed by atoms with Crippen molar-refractivity contribution >= 4 is 23.4 Å². The number of benzene rings is 2. The second-order valence-electron chi connectivity index (χ2n) is 5.17. The van der Waals surface area contributed by atoms with E-state index >= 15 is 0 Å². The Morgan fingerprint density at radius 3 is 2.04 bits per heavy atom. The van der Waals surface area contributed by atoms with Crippen molar-refractivity contribution in [2.45, 2.75) is 0 Å². The van der Waals surface area contributed by atoms with E-state index in [1.54, 1.807) is 36.3 Å². The van der Waals surface area contributed by atoms with Gasteiger partial charge in [-0.05, 0) is 24.3 Å². The third-order valence-corrected chi connectivity index (χ3v) is 3.62. The summed E-state index contributed by atoms with van der Waals surface area (Å²) in [6, 6.07) is 15.8. The SMILES string of the molecule is CN(NC(=O)CN1C(=O)c2ccccc2C1=O)c1ccccc1. The molecule has 0 aromatic heterocycles. The average molecular weight is 309 g/mol. The van der Waals surface area contributed by atoms with Crippen LogP contribution in [0.2, 0.25) is 0 Å². The second kappa shape index (κ2) is 5.92. The summed E-state index contributed by atoms with van der Waals surface area (Å²) in [6.07, 6.45) is 0. The van der Waals surface area contributed by atoms with Crippen molar-refractivity contribution in [2.75, 3.05) is 18.6 Å². The third kappa shape index (κ3) is 2.78. The molecule has 6 nitrogen and oxygen atoms in total. The van der Waals surface area contributed by atoms with E-state index in [1.807, 2.05) is 30.3 Å². The molecule has 2 aromatic carbocycles. The molecule has 23 heavy (non-hydrogen) atoms. The molecule has 1 N–H and O–H groups in total. The number of carbonyl (C=O) groups excluding carboxylic acids is 3. The molecule has 0 atom stereocenters. The molecule has 1 aliphatic rings. The molecular formula is C17H15N3O3. The van der Waals surface area contributed by atoms with Crippen LogP contribution in [-0.2, 0) is 4.79 Å². The number of hydrazine groups is 1. The summed E-state index contributed by atoms with van der Waals surface area (Å²) in [5.41, 5.74) is 4.10. The number of para-hydroxylation sites is 1. The predicted octanol–water partition coefficient (Wildman–Crippen LogP) is 1.45. The zero-order valence-corrected chi connectivity index (χ0v) is 12.5. The van der Waals surface area contributed by atoms with Crippen molar-refractivity contribution in [3.63, 3.8) is 0 Å². The van der Waals surface area contributed by atoms with E-state index in [-0.39, 0.29) is 6.54 Å². The molecule has 0 radical (unpaired) electrons. The Bertz CT molecular complexity index is 739. The third-order valence-electron chi connectivity index (χ3n) is 3.62. The first-order valence-corrected chi connectivity index (χ1v) is 7.11. The lowest BCUT2D eigenvalue weighted by molar-refractivity contribution is -0.121. The fourth-order valence-electron chi connectivity index (χ4n) is 2.46. The molecule has 0 saturated heterocycles. The van der Waals surface area contributed by atoms with Gasteiger partial charge in [-0.15, -0.1) is 0 Å². The van der Waals surface area contributed by atoms with Gasteiger partial charge in [0.15, 0.2) is 0 Å². The molecule has 3 rings (SSSR count). The Balaban J connectivity index is 1.68. The second-order valence-corrected chi connectivity index (χ2v) is 5.17. The molecule has 0 fully saturated rings. The smallest absolute Gasteiger partial charge is 0.262 e. The Kier molecular flexibility index (Phi) is 3.80. The van der Waals surface area contributed by atoms with Gasteiger partial charge in [0.25, 0.3) is 17.7 Å².